The average molecular weight is 401 g/mol. The van der Waals surface area contributed by atoms with E-state index in [0.717, 1.165) is 46.9 Å². The predicted molar refractivity (Wildman–Crippen MR) is 112 cm³/mol. The smallest absolute Gasteiger partial charge is 0.239 e. The molecule has 7 heteroatoms. The van der Waals surface area contributed by atoms with E-state index in [1.54, 1.807) is 19.0 Å². The Morgan fingerprint density at radius 1 is 1.32 bits per heavy atom. The van der Waals surface area contributed by atoms with Crippen LogP contribution in [0.15, 0.2) is 23.6 Å². The summed E-state index contributed by atoms with van der Waals surface area (Å²) in [7, 11) is 3.60. The van der Waals surface area contributed by atoms with E-state index in [0.29, 0.717) is 6.54 Å². The molecule has 2 aromatic rings. The van der Waals surface area contributed by atoms with E-state index in [1.165, 1.54) is 11.3 Å². The highest BCUT2D eigenvalue weighted by atomic mass is 32.1. The molecule has 2 heterocycles. The van der Waals surface area contributed by atoms with Crippen LogP contribution < -0.4 is 5.32 Å². The summed E-state index contributed by atoms with van der Waals surface area (Å²) in [4.78, 5) is 33.2. The maximum absolute atomic E-state index is 12.4. The molecular weight excluding hydrogens is 372 g/mol. The standard InChI is InChI=1S/C21H28N4O2S/c1-14-7-8-15(2)17(10-14)23-19(26)11-20-22-16(13-28-20)12-25-9-5-6-18(25)21(27)24(3)4/h7-8,10,13,18H,5-6,9,11-12H2,1-4H3,(H,23,26). The van der Waals surface area contributed by atoms with Gasteiger partial charge in [0, 0.05) is 31.7 Å². The number of thiazole rings is 1. The van der Waals surface area contributed by atoms with E-state index in [4.69, 9.17) is 0 Å². The quantitative estimate of drug-likeness (QED) is 0.810. The third kappa shape index (κ3) is 4.97. The Bertz CT molecular complexity index is 862. The zero-order valence-electron chi connectivity index (χ0n) is 17.0. The monoisotopic (exact) mass is 400 g/mol. The number of aryl methyl sites for hydroxylation is 2. The molecule has 0 saturated carbocycles. The van der Waals surface area contributed by atoms with Crippen LogP contribution in [-0.2, 0) is 22.6 Å². The molecule has 0 radical (unpaired) electrons. The molecule has 1 aliphatic rings. The Morgan fingerprint density at radius 2 is 2.11 bits per heavy atom. The second kappa shape index (κ2) is 8.84. The van der Waals surface area contributed by atoms with Gasteiger partial charge in [-0.2, -0.15) is 0 Å². The number of nitrogens with zero attached hydrogens (tertiary/aromatic N) is 3. The Balaban J connectivity index is 1.59. The van der Waals surface area contributed by atoms with Gasteiger partial charge in [0.15, 0.2) is 0 Å². The summed E-state index contributed by atoms with van der Waals surface area (Å²) in [5, 5.41) is 5.78. The molecule has 1 aliphatic heterocycles. The van der Waals surface area contributed by atoms with Gasteiger partial charge in [0.1, 0.15) is 5.01 Å². The van der Waals surface area contributed by atoms with Crippen molar-refractivity contribution in [3.05, 3.63) is 45.4 Å². The van der Waals surface area contributed by atoms with E-state index >= 15 is 0 Å². The molecule has 6 nitrogen and oxygen atoms in total. The first-order chi connectivity index (χ1) is 13.3. The highest BCUT2D eigenvalue weighted by Crippen LogP contribution is 2.23. The molecule has 2 amide bonds. The minimum atomic E-state index is -0.0623. The topological polar surface area (TPSA) is 65.5 Å². The molecule has 1 aromatic carbocycles. The van der Waals surface area contributed by atoms with Crippen molar-refractivity contribution in [3.63, 3.8) is 0 Å². The zero-order chi connectivity index (χ0) is 20.3. The molecule has 1 N–H and O–H groups in total. The van der Waals surface area contributed by atoms with Gasteiger partial charge >= 0.3 is 0 Å². The van der Waals surface area contributed by atoms with Crippen LogP contribution in [0.4, 0.5) is 5.69 Å². The van der Waals surface area contributed by atoms with Gasteiger partial charge in [-0.25, -0.2) is 4.98 Å². The largest absolute Gasteiger partial charge is 0.347 e. The third-order valence-corrected chi connectivity index (χ3v) is 5.93. The molecule has 1 saturated heterocycles. The highest BCUT2D eigenvalue weighted by Gasteiger charge is 2.32. The fourth-order valence-corrected chi connectivity index (χ4v) is 4.29. The van der Waals surface area contributed by atoms with Crippen molar-refractivity contribution in [1.29, 1.82) is 0 Å². The molecule has 0 bridgehead atoms. The molecule has 1 atom stereocenters. The number of aromatic nitrogens is 1. The summed E-state index contributed by atoms with van der Waals surface area (Å²) in [6, 6.07) is 5.96. The summed E-state index contributed by atoms with van der Waals surface area (Å²) in [5.41, 5.74) is 3.94. The van der Waals surface area contributed by atoms with E-state index in [-0.39, 0.29) is 24.3 Å². The van der Waals surface area contributed by atoms with Crippen LogP contribution in [-0.4, -0.2) is 53.3 Å². The normalized spacial score (nSPS) is 16.9. The minimum Gasteiger partial charge on any atom is -0.347 e. The number of anilines is 1. The van der Waals surface area contributed by atoms with E-state index in [2.05, 4.69) is 15.2 Å². The van der Waals surface area contributed by atoms with E-state index < -0.39 is 0 Å². The second-order valence-corrected chi connectivity index (χ2v) is 8.58. The Hall–Kier alpha value is -2.25. The summed E-state index contributed by atoms with van der Waals surface area (Å²) in [6.45, 7) is 5.55. The van der Waals surface area contributed by atoms with Crippen LogP contribution in [0.25, 0.3) is 0 Å². The molecule has 0 spiro atoms. The number of rotatable bonds is 6. The number of benzene rings is 1. The lowest BCUT2D eigenvalue weighted by molar-refractivity contribution is -0.133. The number of likely N-dealkylation sites (tertiary alicyclic amines) is 1. The SMILES string of the molecule is Cc1ccc(C)c(NC(=O)Cc2nc(CN3CCCC3C(=O)N(C)C)cs2)c1. The molecular formula is C21H28N4O2S. The van der Waals surface area contributed by atoms with Gasteiger partial charge in [-0.3, -0.25) is 14.5 Å². The lowest BCUT2D eigenvalue weighted by Crippen LogP contribution is -2.42. The van der Waals surface area contributed by atoms with Gasteiger partial charge in [-0.15, -0.1) is 11.3 Å². The number of likely N-dealkylation sites (N-methyl/N-ethyl adjacent to an activating group) is 1. The molecule has 1 fully saturated rings. The van der Waals surface area contributed by atoms with Gasteiger partial charge in [0.2, 0.25) is 11.8 Å². The van der Waals surface area contributed by atoms with Crippen molar-refractivity contribution in [2.45, 2.75) is 45.7 Å². The summed E-state index contributed by atoms with van der Waals surface area (Å²) in [5.74, 6) is 0.0947. The summed E-state index contributed by atoms with van der Waals surface area (Å²) >= 11 is 1.50. The fourth-order valence-electron chi connectivity index (χ4n) is 3.51. The molecule has 3 rings (SSSR count). The first-order valence-corrected chi connectivity index (χ1v) is 10.5. The van der Waals surface area contributed by atoms with Gasteiger partial charge in [-0.05, 0) is 50.4 Å². The zero-order valence-corrected chi connectivity index (χ0v) is 17.8. The number of nitrogens with one attached hydrogen (secondary N) is 1. The first kappa shape index (κ1) is 20.5. The van der Waals surface area contributed by atoms with Crippen LogP contribution >= 0.6 is 11.3 Å². The van der Waals surface area contributed by atoms with Crippen molar-refractivity contribution in [2.24, 2.45) is 0 Å². The Kier molecular flexibility index (Phi) is 6.46. The van der Waals surface area contributed by atoms with Crippen molar-refractivity contribution in [2.75, 3.05) is 26.0 Å². The lowest BCUT2D eigenvalue weighted by atomic mass is 10.1. The number of amides is 2. The van der Waals surface area contributed by atoms with Crippen molar-refractivity contribution < 1.29 is 9.59 Å². The summed E-state index contributed by atoms with van der Waals surface area (Å²) in [6.07, 6.45) is 2.18. The first-order valence-electron chi connectivity index (χ1n) is 9.59. The number of hydrogen-bond donors (Lipinski definition) is 1. The number of hydrogen-bond acceptors (Lipinski definition) is 5. The number of carbonyl (C=O) groups is 2. The van der Waals surface area contributed by atoms with E-state index in [1.807, 2.05) is 37.4 Å². The van der Waals surface area contributed by atoms with Gasteiger partial charge in [-0.1, -0.05) is 12.1 Å². The summed E-state index contributed by atoms with van der Waals surface area (Å²) < 4.78 is 0. The fraction of sp³-hybridized carbons (Fsp3) is 0.476. The highest BCUT2D eigenvalue weighted by molar-refractivity contribution is 7.09. The van der Waals surface area contributed by atoms with Crippen LogP contribution in [0, 0.1) is 13.8 Å². The van der Waals surface area contributed by atoms with Crippen LogP contribution in [0.5, 0.6) is 0 Å². The van der Waals surface area contributed by atoms with E-state index in [9.17, 15) is 9.59 Å². The van der Waals surface area contributed by atoms with Gasteiger partial charge < -0.3 is 10.2 Å². The van der Waals surface area contributed by atoms with Crippen LogP contribution in [0.3, 0.4) is 0 Å². The third-order valence-electron chi connectivity index (χ3n) is 5.03. The lowest BCUT2D eigenvalue weighted by Gasteiger charge is -2.25. The second-order valence-electron chi connectivity index (χ2n) is 7.64. The van der Waals surface area contributed by atoms with Crippen LogP contribution in [0.1, 0.15) is 34.7 Å². The Labute approximate surface area is 170 Å². The molecule has 28 heavy (non-hydrogen) atoms. The Morgan fingerprint density at radius 3 is 2.86 bits per heavy atom. The van der Waals surface area contributed by atoms with Crippen molar-refractivity contribution in [3.8, 4) is 0 Å². The molecule has 1 unspecified atom stereocenters. The minimum absolute atomic E-state index is 0.0589. The van der Waals surface area contributed by atoms with Gasteiger partial charge in [0.05, 0.1) is 18.2 Å². The van der Waals surface area contributed by atoms with Crippen LogP contribution in [0.2, 0.25) is 0 Å². The maximum Gasteiger partial charge on any atom is 0.239 e. The maximum atomic E-state index is 12.4. The molecule has 150 valence electrons. The predicted octanol–water partition coefficient (Wildman–Crippen LogP) is 2.99. The molecule has 1 aromatic heterocycles. The van der Waals surface area contributed by atoms with Gasteiger partial charge in [0.25, 0.3) is 0 Å². The molecule has 0 aliphatic carbocycles. The average Bonchev–Trinajstić information content (AvgIpc) is 3.27. The van der Waals surface area contributed by atoms with Crippen molar-refractivity contribution >= 4 is 28.8 Å². The van der Waals surface area contributed by atoms with Crippen molar-refractivity contribution in [1.82, 2.24) is 14.8 Å². The number of carbonyl (C=O) groups excluding carboxylic acids is 2.